The van der Waals surface area contributed by atoms with Gasteiger partial charge in [0.1, 0.15) is 0 Å². The van der Waals surface area contributed by atoms with Crippen molar-refractivity contribution in [2.24, 2.45) is 0 Å². The highest BCUT2D eigenvalue weighted by atomic mass is 79.9. The number of benzene rings is 2. The summed E-state index contributed by atoms with van der Waals surface area (Å²) in [5.74, 6) is -0.293. The number of hydrogen-bond acceptors (Lipinski definition) is 1. The highest BCUT2D eigenvalue weighted by molar-refractivity contribution is 9.10. The maximum Gasteiger partial charge on any atom is 0.257 e. The van der Waals surface area contributed by atoms with Crippen LogP contribution in [0.3, 0.4) is 0 Å². The molecule has 0 aromatic heterocycles. The second kappa shape index (κ2) is 5.95. The summed E-state index contributed by atoms with van der Waals surface area (Å²) in [7, 11) is 0. The molecule has 0 aliphatic rings. The molecule has 2 rings (SSSR count). The van der Waals surface area contributed by atoms with Crippen molar-refractivity contribution in [3.63, 3.8) is 0 Å². The molecule has 0 radical (unpaired) electrons. The third kappa shape index (κ3) is 3.11. The molecule has 2 aromatic rings. The maximum atomic E-state index is 12.2. The van der Waals surface area contributed by atoms with Crippen molar-refractivity contribution >= 4 is 50.7 Å². The standard InChI is InChI=1S/C14H10BrCl2NO/c1-8-4-2-7-11(12(8)16)18-14(19)9-5-3-6-10(15)13(9)17/h2-7H,1H3,(H,18,19). The molecule has 0 aliphatic heterocycles. The van der Waals surface area contributed by atoms with E-state index >= 15 is 0 Å². The number of anilines is 1. The van der Waals surface area contributed by atoms with E-state index in [2.05, 4.69) is 21.2 Å². The Labute approximate surface area is 129 Å². The van der Waals surface area contributed by atoms with Gasteiger partial charge in [0.2, 0.25) is 0 Å². The number of carbonyl (C=O) groups excluding carboxylic acids is 1. The third-order valence-electron chi connectivity index (χ3n) is 2.64. The minimum absolute atomic E-state index is 0.293. The summed E-state index contributed by atoms with van der Waals surface area (Å²) >= 11 is 15.5. The molecule has 1 N–H and O–H groups in total. The number of carbonyl (C=O) groups is 1. The molecule has 0 unspecified atom stereocenters. The highest BCUT2D eigenvalue weighted by Crippen LogP contribution is 2.29. The Kier molecular flexibility index (Phi) is 4.50. The summed E-state index contributed by atoms with van der Waals surface area (Å²) in [6.45, 7) is 1.88. The van der Waals surface area contributed by atoms with Crippen LogP contribution in [0.2, 0.25) is 10.0 Å². The third-order valence-corrected chi connectivity index (χ3v) is 4.43. The van der Waals surface area contributed by atoms with Crippen LogP contribution in [0.25, 0.3) is 0 Å². The lowest BCUT2D eigenvalue weighted by atomic mass is 10.2. The van der Waals surface area contributed by atoms with Gasteiger partial charge in [-0.15, -0.1) is 0 Å². The molecule has 0 saturated heterocycles. The van der Waals surface area contributed by atoms with Crippen LogP contribution in [-0.2, 0) is 0 Å². The van der Waals surface area contributed by atoms with Crippen LogP contribution in [0.4, 0.5) is 5.69 Å². The molecular formula is C14H10BrCl2NO. The summed E-state index contributed by atoms with van der Waals surface area (Å²) in [5, 5.41) is 3.67. The summed E-state index contributed by atoms with van der Waals surface area (Å²) in [5.41, 5.74) is 1.87. The van der Waals surface area contributed by atoms with E-state index in [1.54, 1.807) is 24.3 Å². The van der Waals surface area contributed by atoms with Gasteiger partial charge >= 0.3 is 0 Å². The molecule has 0 saturated carbocycles. The van der Waals surface area contributed by atoms with E-state index in [4.69, 9.17) is 23.2 Å². The monoisotopic (exact) mass is 357 g/mol. The average Bonchev–Trinajstić information content (AvgIpc) is 2.38. The van der Waals surface area contributed by atoms with Crippen LogP contribution < -0.4 is 5.32 Å². The molecule has 1 amide bonds. The Morgan fingerprint density at radius 2 is 1.79 bits per heavy atom. The fraction of sp³-hybridized carbons (Fsp3) is 0.0714. The van der Waals surface area contributed by atoms with Crippen molar-refractivity contribution < 1.29 is 4.79 Å². The first-order valence-corrected chi connectivity index (χ1v) is 7.06. The molecule has 98 valence electrons. The number of halogens is 3. The van der Waals surface area contributed by atoms with E-state index in [9.17, 15) is 4.79 Å². The van der Waals surface area contributed by atoms with Crippen LogP contribution in [0.15, 0.2) is 40.9 Å². The average molecular weight is 359 g/mol. The fourth-order valence-electron chi connectivity index (χ4n) is 1.61. The minimum Gasteiger partial charge on any atom is -0.321 e. The van der Waals surface area contributed by atoms with E-state index in [0.717, 1.165) is 5.56 Å². The molecule has 0 aliphatic carbocycles. The van der Waals surface area contributed by atoms with E-state index in [1.165, 1.54) is 0 Å². The van der Waals surface area contributed by atoms with Gasteiger partial charge in [-0.1, -0.05) is 41.4 Å². The molecule has 0 spiro atoms. The first kappa shape index (κ1) is 14.4. The molecule has 2 nitrogen and oxygen atoms in total. The van der Waals surface area contributed by atoms with Gasteiger partial charge < -0.3 is 5.32 Å². The summed E-state index contributed by atoms with van der Waals surface area (Å²) in [6.07, 6.45) is 0. The molecule has 19 heavy (non-hydrogen) atoms. The van der Waals surface area contributed by atoms with E-state index in [-0.39, 0.29) is 5.91 Å². The molecule has 0 atom stereocenters. The van der Waals surface area contributed by atoms with Crippen LogP contribution in [0, 0.1) is 6.92 Å². The second-order valence-electron chi connectivity index (χ2n) is 3.99. The zero-order chi connectivity index (χ0) is 14.0. The SMILES string of the molecule is Cc1cccc(NC(=O)c2cccc(Br)c2Cl)c1Cl. The van der Waals surface area contributed by atoms with E-state index < -0.39 is 0 Å². The number of amides is 1. The van der Waals surface area contributed by atoms with Crippen LogP contribution in [0.1, 0.15) is 15.9 Å². The second-order valence-corrected chi connectivity index (χ2v) is 5.60. The Hall–Kier alpha value is -1.03. The first-order valence-electron chi connectivity index (χ1n) is 5.51. The number of aryl methyl sites for hydroxylation is 1. The molecular weight excluding hydrogens is 349 g/mol. The normalized spacial score (nSPS) is 10.3. The topological polar surface area (TPSA) is 29.1 Å². The van der Waals surface area contributed by atoms with Crippen LogP contribution in [0.5, 0.6) is 0 Å². The van der Waals surface area contributed by atoms with Crippen molar-refractivity contribution in [1.82, 2.24) is 0 Å². The lowest BCUT2D eigenvalue weighted by molar-refractivity contribution is 0.102. The molecule has 5 heteroatoms. The van der Waals surface area contributed by atoms with E-state index in [0.29, 0.717) is 25.8 Å². The van der Waals surface area contributed by atoms with Gasteiger partial charge in [0, 0.05) is 4.47 Å². The summed E-state index contributed by atoms with van der Waals surface area (Å²) in [6, 6.07) is 10.6. The molecule has 0 bridgehead atoms. The van der Waals surface area contributed by atoms with Gasteiger partial charge in [-0.25, -0.2) is 0 Å². The van der Waals surface area contributed by atoms with Gasteiger partial charge in [-0.2, -0.15) is 0 Å². The summed E-state index contributed by atoms with van der Waals surface area (Å²) in [4.78, 5) is 12.2. The van der Waals surface area contributed by atoms with Crippen molar-refractivity contribution in [3.05, 3.63) is 62.0 Å². The number of nitrogens with one attached hydrogen (secondary N) is 1. The number of rotatable bonds is 2. The van der Waals surface area contributed by atoms with Crippen molar-refractivity contribution in [3.8, 4) is 0 Å². The van der Waals surface area contributed by atoms with Crippen molar-refractivity contribution in [1.29, 1.82) is 0 Å². The zero-order valence-corrected chi connectivity index (χ0v) is 13.1. The highest BCUT2D eigenvalue weighted by Gasteiger charge is 2.14. The zero-order valence-electron chi connectivity index (χ0n) is 10.0. The smallest absolute Gasteiger partial charge is 0.257 e. The quantitative estimate of drug-likeness (QED) is 0.773. The van der Waals surface area contributed by atoms with Gasteiger partial charge in [0.15, 0.2) is 0 Å². The number of hydrogen-bond donors (Lipinski definition) is 1. The maximum absolute atomic E-state index is 12.2. The lowest BCUT2D eigenvalue weighted by Gasteiger charge is -2.10. The van der Waals surface area contributed by atoms with Gasteiger partial charge in [-0.3, -0.25) is 4.79 Å². The fourth-order valence-corrected chi connectivity index (χ4v) is 2.36. The largest absolute Gasteiger partial charge is 0.321 e. The van der Waals surface area contributed by atoms with Crippen LogP contribution in [-0.4, -0.2) is 5.91 Å². The Balaban J connectivity index is 2.31. The lowest BCUT2D eigenvalue weighted by Crippen LogP contribution is -2.13. The Morgan fingerprint density at radius 3 is 2.53 bits per heavy atom. The van der Waals surface area contributed by atoms with Gasteiger partial charge in [0.25, 0.3) is 5.91 Å². The van der Waals surface area contributed by atoms with E-state index in [1.807, 2.05) is 19.1 Å². The molecule has 2 aromatic carbocycles. The van der Waals surface area contributed by atoms with Gasteiger partial charge in [0.05, 0.1) is 21.3 Å². The predicted octanol–water partition coefficient (Wildman–Crippen LogP) is 5.32. The predicted molar refractivity (Wildman–Crippen MR) is 83.3 cm³/mol. The van der Waals surface area contributed by atoms with Crippen molar-refractivity contribution in [2.45, 2.75) is 6.92 Å². The van der Waals surface area contributed by atoms with Crippen molar-refractivity contribution in [2.75, 3.05) is 5.32 Å². The van der Waals surface area contributed by atoms with Gasteiger partial charge in [-0.05, 0) is 46.6 Å². The summed E-state index contributed by atoms with van der Waals surface area (Å²) < 4.78 is 0.678. The first-order chi connectivity index (χ1) is 9.00. The molecule has 0 fully saturated rings. The Bertz CT molecular complexity index is 643. The Morgan fingerprint density at radius 1 is 1.11 bits per heavy atom. The van der Waals surface area contributed by atoms with Crippen LogP contribution >= 0.6 is 39.1 Å². The molecule has 0 heterocycles. The minimum atomic E-state index is -0.293.